The van der Waals surface area contributed by atoms with E-state index >= 15 is 0 Å². The lowest BCUT2D eigenvalue weighted by molar-refractivity contribution is -0.139. The molecule has 1 saturated carbocycles. The molecule has 0 radical (unpaired) electrons. The van der Waals surface area contributed by atoms with Crippen molar-refractivity contribution in [1.29, 1.82) is 0 Å². The first-order chi connectivity index (χ1) is 8.65. The summed E-state index contributed by atoms with van der Waals surface area (Å²) < 4.78 is 13.1. The second-order valence-electron chi connectivity index (χ2n) is 4.87. The van der Waals surface area contributed by atoms with Gasteiger partial charge in [0.25, 0.3) is 0 Å². The lowest BCUT2D eigenvalue weighted by Gasteiger charge is -2.27. The maximum absolute atomic E-state index is 13.1. The predicted molar refractivity (Wildman–Crippen MR) is 66.7 cm³/mol. The van der Waals surface area contributed by atoms with E-state index in [0.29, 0.717) is 12.6 Å². The largest absolute Gasteiger partial charge is 0.480 e. The topological polar surface area (TPSA) is 40.5 Å². The maximum atomic E-state index is 13.1. The van der Waals surface area contributed by atoms with E-state index < -0.39 is 5.97 Å². The fourth-order valence-electron chi connectivity index (χ4n) is 2.63. The highest BCUT2D eigenvalue weighted by molar-refractivity contribution is 5.69. The van der Waals surface area contributed by atoms with Gasteiger partial charge in [0, 0.05) is 12.6 Å². The Labute approximate surface area is 106 Å². The van der Waals surface area contributed by atoms with Crippen molar-refractivity contribution in [3.05, 3.63) is 35.6 Å². The molecule has 0 bridgehead atoms. The molecule has 18 heavy (non-hydrogen) atoms. The monoisotopic (exact) mass is 251 g/mol. The van der Waals surface area contributed by atoms with Crippen LogP contribution in [-0.2, 0) is 11.3 Å². The van der Waals surface area contributed by atoms with E-state index in [1.54, 1.807) is 6.07 Å². The van der Waals surface area contributed by atoms with Crippen LogP contribution in [0.4, 0.5) is 4.39 Å². The van der Waals surface area contributed by atoms with Crippen LogP contribution >= 0.6 is 0 Å². The van der Waals surface area contributed by atoms with Crippen molar-refractivity contribution in [3.8, 4) is 0 Å². The van der Waals surface area contributed by atoms with Crippen molar-refractivity contribution in [2.24, 2.45) is 0 Å². The van der Waals surface area contributed by atoms with Crippen LogP contribution < -0.4 is 0 Å². The van der Waals surface area contributed by atoms with Gasteiger partial charge in [0.05, 0.1) is 6.54 Å². The van der Waals surface area contributed by atoms with Crippen LogP contribution in [0.5, 0.6) is 0 Å². The molecule has 3 nitrogen and oxygen atoms in total. The minimum absolute atomic E-state index is 0.0289. The Morgan fingerprint density at radius 1 is 1.39 bits per heavy atom. The zero-order chi connectivity index (χ0) is 13.0. The average molecular weight is 251 g/mol. The van der Waals surface area contributed by atoms with Crippen LogP contribution in [0.2, 0.25) is 0 Å². The molecule has 0 saturated heterocycles. The minimum Gasteiger partial charge on any atom is -0.480 e. The first kappa shape index (κ1) is 13.0. The summed E-state index contributed by atoms with van der Waals surface area (Å²) >= 11 is 0. The predicted octanol–water partition coefficient (Wildman–Crippen LogP) is 2.65. The van der Waals surface area contributed by atoms with Gasteiger partial charge in [-0.05, 0) is 30.5 Å². The van der Waals surface area contributed by atoms with Crippen molar-refractivity contribution in [1.82, 2.24) is 4.90 Å². The molecule has 1 aromatic carbocycles. The second-order valence-corrected chi connectivity index (χ2v) is 4.87. The Morgan fingerprint density at radius 3 is 2.72 bits per heavy atom. The number of aliphatic carboxylic acids is 1. The lowest BCUT2D eigenvalue weighted by atomic mass is 10.1. The van der Waals surface area contributed by atoms with Gasteiger partial charge in [-0.25, -0.2) is 4.39 Å². The van der Waals surface area contributed by atoms with Gasteiger partial charge in [-0.3, -0.25) is 9.69 Å². The molecule has 0 atom stereocenters. The molecule has 98 valence electrons. The standard InChI is InChI=1S/C14H18FNO2/c15-12-5-3-4-11(8-12)9-16(10-14(17)18)13-6-1-2-7-13/h3-5,8,13H,1-2,6-7,9-10H2,(H,17,18). The molecule has 0 heterocycles. The fraction of sp³-hybridized carbons (Fsp3) is 0.500. The summed E-state index contributed by atoms with van der Waals surface area (Å²) in [6.45, 7) is 0.538. The molecule has 0 unspecified atom stereocenters. The molecular weight excluding hydrogens is 233 g/mol. The summed E-state index contributed by atoms with van der Waals surface area (Å²) in [6, 6.07) is 6.71. The Hall–Kier alpha value is -1.42. The third-order valence-corrected chi connectivity index (χ3v) is 3.45. The van der Waals surface area contributed by atoms with Crippen LogP contribution in [0.3, 0.4) is 0 Å². The zero-order valence-corrected chi connectivity index (χ0v) is 10.3. The van der Waals surface area contributed by atoms with Crippen LogP contribution in [0.25, 0.3) is 0 Å². The van der Waals surface area contributed by atoms with Gasteiger partial charge < -0.3 is 5.11 Å². The number of hydrogen-bond acceptors (Lipinski definition) is 2. The molecule has 1 aliphatic carbocycles. The summed E-state index contributed by atoms with van der Waals surface area (Å²) in [4.78, 5) is 12.9. The minimum atomic E-state index is -0.821. The van der Waals surface area contributed by atoms with Gasteiger partial charge in [0.1, 0.15) is 5.82 Å². The van der Waals surface area contributed by atoms with Crippen molar-refractivity contribution in [2.45, 2.75) is 38.3 Å². The molecule has 0 amide bonds. The molecular formula is C14H18FNO2. The summed E-state index contributed by atoms with van der Waals surface area (Å²) in [7, 11) is 0. The first-order valence-electron chi connectivity index (χ1n) is 6.35. The van der Waals surface area contributed by atoms with Crippen molar-refractivity contribution >= 4 is 5.97 Å². The Kier molecular flexibility index (Phi) is 4.31. The van der Waals surface area contributed by atoms with Gasteiger partial charge in [-0.1, -0.05) is 25.0 Å². The van der Waals surface area contributed by atoms with E-state index in [1.807, 2.05) is 11.0 Å². The van der Waals surface area contributed by atoms with E-state index in [2.05, 4.69) is 0 Å². The Morgan fingerprint density at radius 2 is 2.11 bits per heavy atom. The second kappa shape index (κ2) is 5.96. The van der Waals surface area contributed by atoms with Crippen molar-refractivity contribution < 1.29 is 14.3 Å². The van der Waals surface area contributed by atoms with Crippen LogP contribution in [0.1, 0.15) is 31.2 Å². The van der Waals surface area contributed by atoms with E-state index in [1.165, 1.54) is 12.1 Å². The zero-order valence-electron chi connectivity index (χ0n) is 10.3. The summed E-state index contributed by atoms with van der Waals surface area (Å²) in [5.41, 5.74) is 0.836. The Bertz CT molecular complexity index is 416. The number of benzene rings is 1. The molecule has 0 aliphatic heterocycles. The molecule has 1 fully saturated rings. The van der Waals surface area contributed by atoms with Gasteiger partial charge in [0.15, 0.2) is 0 Å². The fourth-order valence-corrected chi connectivity index (χ4v) is 2.63. The number of nitrogens with zero attached hydrogens (tertiary/aromatic N) is 1. The highest BCUT2D eigenvalue weighted by Gasteiger charge is 2.24. The summed E-state index contributed by atoms with van der Waals surface area (Å²) in [5, 5.41) is 8.96. The number of carbonyl (C=O) groups is 1. The van der Waals surface area contributed by atoms with E-state index in [0.717, 1.165) is 31.2 Å². The van der Waals surface area contributed by atoms with Crippen molar-refractivity contribution in [2.75, 3.05) is 6.54 Å². The van der Waals surface area contributed by atoms with E-state index in [4.69, 9.17) is 5.11 Å². The molecule has 1 N–H and O–H groups in total. The number of halogens is 1. The SMILES string of the molecule is O=C(O)CN(Cc1cccc(F)c1)C1CCCC1. The third-order valence-electron chi connectivity index (χ3n) is 3.45. The number of hydrogen-bond donors (Lipinski definition) is 1. The van der Waals surface area contributed by atoms with Crippen LogP contribution in [0.15, 0.2) is 24.3 Å². The summed E-state index contributed by atoms with van der Waals surface area (Å²) in [5.74, 6) is -1.09. The molecule has 1 aliphatic rings. The first-order valence-corrected chi connectivity index (χ1v) is 6.35. The molecule has 1 aromatic rings. The quantitative estimate of drug-likeness (QED) is 0.874. The summed E-state index contributed by atoms with van der Waals surface area (Å²) in [6.07, 6.45) is 4.40. The van der Waals surface area contributed by atoms with Gasteiger partial charge in [0.2, 0.25) is 0 Å². The number of rotatable bonds is 5. The molecule has 4 heteroatoms. The van der Waals surface area contributed by atoms with Crippen LogP contribution in [0, 0.1) is 5.82 Å². The molecule has 0 spiro atoms. The highest BCUT2D eigenvalue weighted by Crippen LogP contribution is 2.24. The maximum Gasteiger partial charge on any atom is 0.317 e. The smallest absolute Gasteiger partial charge is 0.317 e. The number of carboxylic acids is 1. The molecule has 0 aromatic heterocycles. The average Bonchev–Trinajstić information content (AvgIpc) is 2.80. The third kappa shape index (κ3) is 3.53. The van der Waals surface area contributed by atoms with E-state index in [9.17, 15) is 9.18 Å². The lowest BCUT2D eigenvalue weighted by Crippen LogP contribution is -2.37. The normalized spacial score (nSPS) is 16.3. The van der Waals surface area contributed by atoms with Gasteiger partial charge in [-0.2, -0.15) is 0 Å². The molecule has 2 rings (SSSR count). The van der Waals surface area contributed by atoms with E-state index in [-0.39, 0.29) is 12.4 Å². The number of carboxylic acid groups (broad SMARTS) is 1. The Balaban J connectivity index is 2.06. The van der Waals surface area contributed by atoms with Gasteiger partial charge in [-0.15, -0.1) is 0 Å². The highest BCUT2D eigenvalue weighted by atomic mass is 19.1. The van der Waals surface area contributed by atoms with Crippen LogP contribution in [-0.4, -0.2) is 28.6 Å². The van der Waals surface area contributed by atoms with Crippen molar-refractivity contribution in [3.63, 3.8) is 0 Å². The van der Waals surface area contributed by atoms with Gasteiger partial charge >= 0.3 is 5.97 Å².